The van der Waals surface area contributed by atoms with Crippen molar-refractivity contribution in [2.75, 3.05) is 30.9 Å². The largest absolute Gasteiger partial charge is 0.454 e. The molecule has 0 fully saturated rings. The van der Waals surface area contributed by atoms with Gasteiger partial charge in [-0.3, -0.25) is 9.78 Å². The number of hydrogen-bond acceptors (Lipinski definition) is 6. The van der Waals surface area contributed by atoms with Crippen LogP contribution in [0.5, 0.6) is 11.5 Å². The van der Waals surface area contributed by atoms with E-state index >= 15 is 0 Å². The Balaban J connectivity index is 1.21. The van der Waals surface area contributed by atoms with E-state index in [1.54, 1.807) is 41.6 Å². The van der Waals surface area contributed by atoms with Crippen LogP contribution in [0.15, 0.2) is 91.3 Å². The minimum atomic E-state index is -0.250. The second kappa shape index (κ2) is 12.7. The molecule has 40 heavy (non-hydrogen) atoms. The molecule has 0 unspecified atom stereocenters. The lowest BCUT2D eigenvalue weighted by Crippen LogP contribution is -2.41. The summed E-state index contributed by atoms with van der Waals surface area (Å²) in [6.07, 6.45) is 4.85. The number of aromatic nitrogens is 1. The van der Waals surface area contributed by atoms with E-state index in [1.807, 2.05) is 54.6 Å². The van der Waals surface area contributed by atoms with Gasteiger partial charge in [0, 0.05) is 37.6 Å². The van der Waals surface area contributed by atoms with Gasteiger partial charge >= 0.3 is 6.03 Å². The van der Waals surface area contributed by atoms with Gasteiger partial charge in [0.2, 0.25) is 6.79 Å². The Labute approximate surface area is 232 Å². The molecule has 9 nitrogen and oxygen atoms in total. The van der Waals surface area contributed by atoms with E-state index in [-0.39, 0.29) is 18.7 Å². The topological polar surface area (TPSA) is 119 Å². The number of amides is 3. The Morgan fingerprint density at radius 1 is 0.850 bits per heavy atom. The van der Waals surface area contributed by atoms with E-state index in [1.165, 1.54) is 0 Å². The van der Waals surface area contributed by atoms with Crippen LogP contribution < -0.4 is 25.8 Å². The fourth-order valence-corrected chi connectivity index (χ4v) is 4.38. The second-order valence-electron chi connectivity index (χ2n) is 9.43. The molecule has 0 radical (unpaired) electrons. The average molecular weight is 538 g/mol. The normalized spacial score (nSPS) is 11.6. The molecule has 4 aromatic rings. The first kappa shape index (κ1) is 26.6. The van der Waals surface area contributed by atoms with Crippen molar-refractivity contribution in [2.24, 2.45) is 0 Å². The van der Waals surface area contributed by atoms with Crippen LogP contribution in [0, 0.1) is 0 Å². The second-order valence-corrected chi connectivity index (χ2v) is 9.43. The van der Waals surface area contributed by atoms with E-state index in [0.29, 0.717) is 49.4 Å². The van der Waals surface area contributed by atoms with Gasteiger partial charge in [0.25, 0.3) is 5.91 Å². The zero-order valence-electron chi connectivity index (χ0n) is 22.0. The summed E-state index contributed by atoms with van der Waals surface area (Å²) in [4.78, 5) is 31.8. The number of para-hydroxylation sites is 2. The third kappa shape index (κ3) is 6.87. The maximum Gasteiger partial charge on any atom is 0.317 e. The number of nitrogens with two attached hydrogens (primary N) is 1. The number of nitrogens with one attached hydrogen (secondary N) is 2. The molecule has 1 aliphatic heterocycles. The van der Waals surface area contributed by atoms with Gasteiger partial charge < -0.3 is 30.7 Å². The van der Waals surface area contributed by atoms with Gasteiger partial charge in [0.1, 0.15) is 0 Å². The van der Waals surface area contributed by atoms with Gasteiger partial charge in [0.15, 0.2) is 11.5 Å². The molecule has 3 amide bonds. The number of urea groups is 1. The van der Waals surface area contributed by atoms with Crippen LogP contribution in [0.1, 0.15) is 27.0 Å². The summed E-state index contributed by atoms with van der Waals surface area (Å²) in [5, 5.41) is 5.88. The molecule has 2 heterocycles. The summed E-state index contributed by atoms with van der Waals surface area (Å²) in [6, 6.07) is 23.9. The summed E-state index contributed by atoms with van der Waals surface area (Å²) in [7, 11) is 0. The highest BCUT2D eigenvalue weighted by molar-refractivity contribution is 6.05. The van der Waals surface area contributed by atoms with Gasteiger partial charge in [-0.05, 0) is 78.1 Å². The Hall–Kier alpha value is -5.05. The Morgan fingerprint density at radius 3 is 2.40 bits per heavy atom. The first-order valence-electron chi connectivity index (χ1n) is 13.1. The van der Waals surface area contributed by atoms with E-state index < -0.39 is 0 Å². The lowest BCUT2D eigenvalue weighted by atomic mass is 10.1. The van der Waals surface area contributed by atoms with Crippen LogP contribution in [0.2, 0.25) is 0 Å². The summed E-state index contributed by atoms with van der Waals surface area (Å²) in [5.74, 6) is 1.22. The molecule has 1 aromatic heterocycles. The fourth-order valence-electron chi connectivity index (χ4n) is 4.38. The molecular formula is C31H31N5O4. The predicted molar refractivity (Wildman–Crippen MR) is 153 cm³/mol. The number of carbonyl (C=O) groups excluding carboxylic acids is 2. The van der Waals surface area contributed by atoms with Crippen molar-refractivity contribution in [3.63, 3.8) is 0 Å². The molecule has 0 saturated heterocycles. The number of ether oxygens (including phenoxy) is 2. The van der Waals surface area contributed by atoms with Crippen molar-refractivity contribution in [1.29, 1.82) is 0 Å². The molecular weight excluding hydrogens is 506 g/mol. The zero-order chi connectivity index (χ0) is 27.7. The van der Waals surface area contributed by atoms with Crippen molar-refractivity contribution >= 4 is 23.3 Å². The highest BCUT2D eigenvalue weighted by Crippen LogP contribution is 2.32. The fraction of sp³-hybridized carbons (Fsp3) is 0.194. The third-order valence-electron chi connectivity index (χ3n) is 6.63. The molecule has 0 spiro atoms. The molecule has 0 aliphatic carbocycles. The van der Waals surface area contributed by atoms with Crippen LogP contribution in [0.4, 0.5) is 16.2 Å². The maximum absolute atomic E-state index is 13.2. The van der Waals surface area contributed by atoms with Crippen molar-refractivity contribution in [2.45, 2.75) is 19.4 Å². The number of carbonyl (C=O) groups is 2. The van der Waals surface area contributed by atoms with Gasteiger partial charge in [-0.2, -0.15) is 0 Å². The van der Waals surface area contributed by atoms with E-state index in [4.69, 9.17) is 15.2 Å². The number of anilines is 2. The molecule has 9 heteroatoms. The summed E-state index contributed by atoms with van der Waals surface area (Å²) in [6.45, 7) is 1.63. The predicted octanol–water partition coefficient (Wildman–Crippen LogP) is 4.64. The van der Waals surface area contributed by atoms with Crippen molar-refractivity contribution in [3.05, 3.63) is 114 Å². The Morgan fingerprint density at radius 2 is 1.60 bits per heavy atom. The number of hydrogen-bond donors (Lipinski definition) is 3. The first-order valence-corrected chi connectivity index (χ1v) is 13.1. The lowest BCUT2D eigenvalue weighted by molar-refractivity contribution is 0.102. The van der Waals surface area contributed by atoms with E-state index in [2.05, 4.69) is 15.6 Å². The third-order valence-corrected chi connectivity index (χ3v) is 6.63. The summed E-state index contributed by atoms with van der Waals surface area (Å²) >= 11 is 0. The molecule has 3 aromatic carbocycles. The molecule has 1 aliphatic rings. The van der Waals surface area contributed by atoms with Gasteiger partial charge in [-0.25, -0.2) is 4.79 Å². The Kier molecular flexibility index (Phi) is 8.41. The number of fused-ring (bicyclic) bond motifs is 1. The van der Waals surface area contributed by atoms with Crippen molar-refractivity contribution in [3.8, 4) is 11.5 Å². The van der Waals surface area contributed by atoms with Crippen LogP contribution in [-0.4, -0.2) is 41.7 Å². The highest BCUT2D eigenvalue weighted by atomic mass is 16.7. The zero-order valence-corrected chi connectivity index (χ0v) is 22.0. The smallest absolute Gasteiger partial charge is 0.317 e. The monoisotopic (exact) mass is 537 g/mol. The van der Waals surface area contributed by atoms with E-state index in [0.717, 1.165) is 28.2 Å². The SMILES string of the molecule is Nc1ccccc1NC(=O)c1ccc(CN(CCc2ccncc2)C(=O)NCCc2ccc3c(c2)OCO3)cc1. The minimum absolute atomic E-state index is 0.156. The quantitative estimate of drug-likeness (QED) is 0.254. The van der Waals surface area contributed by atoms with Crippen molar-refractivity contribution in [1.82, 2.24) is 15.2 Å². The minimum Gasteiger partial charge on any atom is -0.454 e. The molecule has 0 bridgehead atoms. The van der Waals surface area contributed by atoms with Crippen LogP contribution >= 0.6 is 0 Å². The highest BCUT2D eigenvalue weighted by Gasteiger charge is 2.16. The van der Waals surface area contributed by atoms with Crippen LogP contribution in [0.25, 0.3) is 0 Å². The number of rotatable bonds is 10. The van der Waals surface area contributed by atoms with Crippen LogP contribution in [-0.2, 0) is 19.4 Å². The summed E-state index contributed by atoms with van der Waals surface area (Å²) in [5.41, 5.74) is 10.6. The molecule has 0 atom stereocenters. The standard InChI is InChI=1S/C31H31N5O4/c32-26-3-1-2-4-27(26)35-30(37)25-8-5-24(6-9-25)20-36(18-14-22-11-15-33-16-12-22)31(38)34-17-13-23-7-10-28-29(19-23)40-21-39-28/h1-12,15-16,19H,13-14,17-18,20-21,32H2,(H,34,38)(H,35,37). The first-order chi connectivity index (χ1) is 19.5. The summed E-state index contributed by atoms with van der Waals surface area (Å²) < 4.78 is 10.8. The number of benzene rings is 3. The molecule has 204 valence electrons. The number of pyridine rings is 1. The van der Waals surface area contributed by atoms with Gasteiger partial charge in [-0.1, -0.05) is 30.3 Å². The maximum atomic E-state index is 13.2. The van der Waals surface area contributed by atoms with E-state index in [9.17, 15) is 9.59 Å². The molecule has 4 N–H and O–H groups in total. The average Bonchev–Trinajstić information content (AvgIpc) is 3.45. The Bertz CT molecular complexity index is 1460. The van der Waals surface area contributed by atoms with Gasteiger partial charge in [-0.15, -0.1) is 0 Å². The number of nitrogens with zero attached hydrogens (tertiary/aromatic N) is 2. The van der Waals surface area contributed by atoms with Crippen molar-refractivity contribution < 1.29 is 19.1 Å². The lowest BCUT2D eigenvalue weighted by Gasteiger charge is -2.23. The van der Waals surface area contributed by atoms with Gasteiger partial charge in [0.05, 0.1) is 11.4 Å². The number of nitrogen functional groups attached to an aromatic ring is 1. The van der Waals surface area contributed by atoms with Crippen LogP contribution in [0.3, 0.4) is 0 Å². The molecule has 0 saturated carbocycles. The molecule has 5 rings (SSSR count).